The van der Waals surface area contributed by atoms with Crippen LogP contribution in [0.15, 0.2) is 42.5 Å². The molecule has 6 heteroatoms. The lowest BCUT2D eigenvalue weighted by Gasteiger charge is -2.37. The van der Waals surface area contributed by atoms with E-state index < -0.39 is 0 Å². The van der Waals surface area contributed by atoms with E-state index in [1.54, 1.807) is 30.3 Å². The fourth-order valence-electron chi connectivity index (χ4n) is 4.04. The minimum Gasteiger partial charge on any atom is -0.493 e. The predicted octanol–water partition coefficient (Wildman–Crippen LogP) is 3.78. The van der Waals surface area contributed by atoms with Crippen LogP contribution in [0, 0.1) is 0 Å². The van der Waals surface area contributed by atoms with Crippen molar-refractivity contribution in [1.29, 1.82) is 0 Å². The summed E-state index contributed by atoms with van der Waals surface area (Å²) in [6.07, 6.45) is 4.10. The van der Waals surface area contributed by atoms with Crippen LogP contribution in [0.5, 0.6) is 5.75 Å². The van der Waals surface area contributed by atoms with Gasteiger partial charge in [0.2, 0.25) is 0 Å². The van der Waals surface area contributed by atoms with Crippen molar-refractivity contribution in [3.63, 3.8) is 0 Å². The molecule has 0 radical (unpaired) electrons. The summed E-state index contributed by atoms with van der Waals surface area (Å²) in [6, 6.07) is 13.0. The number of piperidine rings is 1. The van der Waals surface area contributed by atoms with Gasteiger partial charge in [-0.25, -0.2) is 0 Å². The second kappa shape index (κ2) is 8.15. The molecule has 1 N–H and O–H groups in total. The van der Waals surface area contributed by atoms with Crippen LogP contribution >= 0.6 is 0 Å². The average Bonchev–Trinajstić information content (AvgIpc) is 2.73. The highest BCUT2D eigenvalue weighted by molar-refractivity contribution is 6.05. The highest BCUT2D eigenvalue weighted by Gasteiger charge is 2.31. The van der Waals surface area contributed by atoms with Crippen LogP contribution < -0.4 is 15.0 Å². The summed E-state index contributed by atoms with van der Waals surface area (Å²) >= 11 is 0. The molecule has 1 fully saturated rings. The van der Waals surface area contributed by atoms with Crippen molar-refractivity contribution in [3.05, 3.63) is 53.6 Å². The van der Waals surface area contributed by atoms with Gasteiger partial charge >= 0.3 is 0 Å². The van der Waals surface area contributed by atoms with E-state index in [1.165, 1.54) is 0 Å². The quantitative estimate of drug-likeness (QED) is 0.862. The second-order valence-corrected chi connectivity index (χ2v) is 7.89. The van der Waals surface area contributed by atoms with Crippen molar-refractivity contribution < 1.29 is 14.3 Å². The lowest BCUT2D eigenvalue weighted by atomic mass is 9.97. The number of amides is 2. The molecule has 0 aromatic heterocycles. The molecule has 0 spiro atoms. The number of benzene rings is 2. The Morgan fingerprint density at radius 1 is 1.10 bits per heavy atom. The fourth-order valence-corrected chi connectivity index (χ4v) is 4.04. The maximum absolute atomic E-state index is 13.2. The molecule has 6 nitrogen and oxygen atoms in total. The third kappa shape index (κ3) is 4.06. The molecule has 29 heavy (non-hydrogen) atoms. The monoisotopic (exact) mass is 393 g/mol. The Bertz CT molecular complexity index is 908. The van der Waals surface area contributed by atoms with Crippen molar-refractivity contribution in [2.45, 2.75) is 31.7 Å². The maximum atomic E-state index is 13.2. The first-order valence-electron chi connectivity index (χ1n) is 10.2. The van der Waals surface area contributed by atoms with Crippen molar-refractivity contribution in [3.8, 4) is 5.75 Å². The van der Waals surface area contributed by atoms with Gasteiger partial charge in [-0.15, -0.1) is 0 Å². The molecule has 0 aliphatic carbocycles. The molecule has 0 bridgehead atoms. The summed E-state index contributed by atoms with van der Waals surface area (Å²) in [5, 5.41) is 2.91. The smallest absolute Gasteiger partial charge is 0.257 e. The zero-order chi connectivity index (χ0) is 20.4. The largest absolute Gasteiger partial charge is 0.493 e. The Balaban J connectivity index is 1.55. The molecule has 2 aromatic carbocycles. The highest BCUT2D eigenvalue weighted by Crippen LogP contribution is 2.31. The number of rotatable bonds is 3. The van der Waals surface area contributed by atoms with Crippen molar-refractivity contribution >= 4 is 23.2 Å². The Morgan fingerprint density at radius 3 is 2.66 bits per heavy atom. The van der Waals surface area contributed by atoms with E-state index in [-0.39, 0.29) is 17.9 Å². The van der Waals surface area contributed by atoms with E-state index >= 15 is 0 Å². The van der Waals surface area contributed by atoms with Gasteiger partial charge in [0, 0.05) is 50.0 Å². The molecule has 4 rings (SSSR count). The van der Waals surface area contributed by atoms with Crippen LogP contribution in [0.1, 0.15) is 46.4 Å². The van der Waals surface area contributed by atoms with Crippen molar-refractivity contribution in [2.75, 3.05) is 37.5 Å². The highest BCUT2D eigenvalue weighted by atomic mass is 16.5. The minimum absolute atomic E-state index is 0.00386. The SMILES string of the molecule is CN(C)c1ccc(C(=O)Nc2ccc3c(c2)C(=O)N2CCCCC2CCO3)cc1. The number of hydrogen-bond donors (Lipinski definition) is 1. The van der Waals surface area contributed by atoms with Crippen molar-refractivity contribution in [2.24, 2.45) is 0 Å². The maximum Gasteiger partial charge on any atom is 0.257 e. The minimum atomic E-state index is -0.203. The molecule has 2 aliphatic heterocycles. The number of anilines is 2. The number of nitrogens with zero attached hydrogens (tertiary/aromatic N) is 2. The summed E-state index contributed by atoms with van der Waals surface area (Å²) in [6.45, 7) is 1.39. The van der Waals surface area contributed by atoms with Gasteiger partial charge in [0.1, 0.15) is 5.75 Å². The molecule has 2 amide bonds. The Hall–Kier alpha value is -3.02. The third-order valence-corrected chi connectivity index (χ3v) is 5.71. The van der Waals surface area contributed by atoms with Crippen LogP contribution in [0.4, 0.5) is 11.4 Å². The Labute approximate surface area is 171 Å². The summed E-state index contributed by atoms with van der Waals surface area (Å²) in [4.78, 5) is 29.8. The van der Waals surface area contributed by atoms with E-state index in [4.69, 9.17) is 4.74 Å². The van der Waals surface area contributed by atoms with Gasteiger partial charge in [-0.05, 0) is 61.7 Å². The van der Waals surface area contributed by atoms with Gasteiger partial charge in [-0.3, -0.25) is 9.59 Å². The lowest BCUT2D eigenvalue weighted by molar-refractivity contribution is 0.0548. The van der Waals surface area contributed by atoms with Gasteiger partial charge in [0.25, 0.3) is 11.8 Å². The zero-order valence-electron chi connectivity index (χ0n) is 17.0. The number of nitrogens with one attached hydrogen (secondary N) is 1. The summed E-state index contributed by atoms with van der Waals surface area (Å²) < 4.78 is 5.86. The number of ether oxygens (including phenoxy) is 1. The molecular weight excluding hydrogens is 366 g/mol. The molecule has 2 aromatic rings. The van der Waals surface area contributed by atoms with Gasteiger partial charge < -0.3 is 19.9 Å². The zero-order valence-corrected chi connectivity index (χ0v) is 17.0. The first kappa shape index (κ1) is 19.3. The van der Waals surface area contributed by atoms with E-state index in [0.717, 1.165) is 37.9 Å². The molecule has 1 saturated heterocycles. The standard InChI is InChI=1S/C23H27N3O3/c1-25(2)18-9-6-16(7-10-18)22(27)24-17-8-11-21-20(15-17)23(28)26-13-4-3-5-19(26)12-14-29-21/h6-11,15,19H,3-5,12-14H2,1-2H3,(H,24,27). The number of fused-ring (bicyclic) bond motifs is 2. The fraction of sp³-hybridized carbons (Fsp3) is 0.391. The lowest BCUT2D eigenvalue weighted by Crippen LogP contribution is -2.45. The van der Waals surface area contributed by atoms with Gasteiger partial charge in [0.15, 0.2) is 0 Å². The Kier molecular flexibility index (Phi) is 5.43. The van der Waals surface area contributed by atoms with Crippen LogP contribution in [-0.2, 0) is 0 Å². The van der Waals surface area contributed by atoms with Crippen LogP contribution in [0.2, 0.25) is 0 Å². The molecule has 152 valence electrons. The summed E-state index contributed by atoms with van der Waals surface area (Å²) in [5.41, 5.74) is 2.72. The number of carbonyl (C=O) groups excluding carboxylic acids is 2. The van der Waals surface area contributed by atoms with E-state index in [9.17, 15) is 9.59 Å². The molecule has 1 atom stereocenters. The molecule has 1 unspecified atom stereocenters. The normalized spacial score (nSPS) is 18.6. The first-order valence-corrected chi connectivity index (χ1v) is 10.2. The van der Waals surface area contributed by atoms with Crippen LogP contribution in [0.25, 0.3) is 0 Å². The van der Waals surface area contributed by atoms with Gasteiger partial charge in [-0.2, -0.15) is 0 Å². The van der Waals surface area contributed by atoms with Gasteiger partial charge in [-0.1, -0.05) is 0 Å². The first-order chi connectivity index (χ1) is 14.0. The molecule has 0 saturated carbocycles. The summed E-state index contributed by atoms with van der Waals surface area (Å²) in [7, 11) is 3.91. The third-order valence-electron chi connectivity index (χ3n) is 5.71. The van der Waals surface area contributed by atoms with E-state index in [2.05, 4.69) is 5.32 Å². The van der Waals surface area contributed by atoms with Crippen molar-refractivity contribution in [1.82, 2.24) is 4.90 Å². The topological polar surface area (TPSA) is 61.9 Å². The molecule has 2 heterocycles. The predicted molar refractivity (Wildman–Crippen MR) is 114 cm³/mol. The van der Waals surface area contributed by atoms with E-state index in [0.29, 0.717) is 29.2 Å². The number of hydrogen-bond acceptors (Lipinski definition) is 4. The Morgan fingerprint density at radius 2 is 1.90 bits per heavy atom. The molecule has 2 aliphatic rings. The average molecular weight is 393 g/mol. The summed E-state index contributed by atoms with van der Waals surface area (Å²) in [5.74, 6) is 0.383. The van der Waals surface area contributed by atoms with E-state index in [1.807, 2.05) is 36.0 Å². The second-order valence-electron chi connectivity index (χ2n) is 7.89. The van der Waals surface area contributed by atoms with Crippen LogP contribution in [0.3, 0.4) is 0 Å². The van der Waals surface area contributed by atoms with Crippen LogP contribution in [-0.4, -0.2) is 50.0 Å². The number of carbonyl (C=O) groups is 2. The van der Waals surface area contributed by atoms with Gasteiger partial charge in [0.05, 0.1) is 12.2 Å². The molecular formula is C23H27N3O3.